The van der Waals surface area contributed by atoms with E-state index in [1.54, 1.807) is 0 Å². The van der Waals surface area contributed by atoms with Gasteiger partial charge in [0.15, 0.2) is 0 Å². The van der Waals surface area contributed by atoms with Crippen molar-refractivity contribution in [1.29, 1.82) is 0 Å². The highest BCUT2D eigenvalue weighted by atomic mass is 32.1. The maximum Gasteiger partial charge on any atom is 0.0940 e. The molecule has 0 aromatic carbocycles. The maximum absolute atomic E-state index is 4.47. The lowest BCUT2D eigenvalue weighted by Crippen LogP contribution is -2.35. The van der Waals surface area contributed by atoms with Crippen molar-refractivity contribution in [1.82, 2.24) is 10.3 Å². The van der Waals surface area contributed by atoms with Gasteiger partial charge in [-0.2, -0.15) is 0 Å². The second-order valence-corrected chi connectivity index (χ2v) is 6.66. The van der Waals surface area contributed by atoms with E-state index in [4.69, 9.17) is 0 Å². The maximum atomic E-state index is 4.47. The summed E-state index contributed by atoms with van der Waals surface area (Å²) < 4.78 is 0. The van der Waals surface area contributed by atoms with Gasteiger partial charge in [0, 0.05) is 30.1 Å². The molecule has 1 aromatic heterocycles. The van der Waals surface area contributed by atoms with Crippen LogP contribution in [0.2, 0.25) is 0 Å². The highest BCUT2D eigenvalue weighted by Gasteiger charge is 2.19. The Morgan fingerprint density at radius 1 is 1.39 bits per heavy atom. The third-order valence-corrected chi connectivity index (χ3v) is 5.31. The number of aromatic nitrogens is 1. The molecule has 0 spiro atoms. The predicted octanol–water partition coefficient (Wildman–Crippen LogP) is 3.81. The second kappa shape index (κ2) is 7.25. The lowest BCUT2D eigenvalue weighted by atomic mass is 9.84. The fourth-order valence-corrected chi connectivity index (χ4v) is 3.70. The van der Waals surface area contributed by atoms with Gasteiger partial charge in [-0.15, -0.1) is 11.3 Å². The normalized spacial score (nSPS) is 19.0. The van der Waals surface area contributed by atoms with E-state index < -0.39 is 0 Å². The van der Waals surface area contributed by atoms with Crippen molar-refractivity contribution < 1.29 is 0 Å². The molecule has 1 aliphatic rings. The fraction of sp³-hybridized carbons (Fsp3) is 0.800. The Bertz CT molecular complexity index is 342. The zero-order chi connectivity index (χ0) is 12.8. The summed E-state index contributed by atoms with van der Waals surface area (Å²) in [6.07, 6.45) is 11.4. The lowest BCUT2D eigenvalue weighted by Gasteiger charge is -2.28. The molecule has 1 aromatic rings. The molecule has 3 heteroatoms. The molecule has 0 radical (unpaired) electrons. The molecule has 1 heterocycles. The van der Waals surface area contributed by atoms with Crippen molar-refractivity contribution in [2.75, 3.05) is 6.54 Å². The van der Waals surface area contributed by atoms with Gasteiger partial charge in [-0.1, -0.05) is 26.2 Å². The standard InChI is InChI=1S/C15H26N2S/c1-3-14-11-17-15(18-14)9-10-16-12(2)13-7-5-4-6-8-13/h11-13,16H,3-10H2,1-2H3/t12-/m0/s1. The SMILES string of the molecule is CCc1cnc(CCN[C@@H](C)C2CCCCC2)s1. The Labute approximate surface area is 115 Å². The number of hydrogen-bond acceptors (Lipinski definition) is 3. The van der Waals surface area contributed by atoms with Crippen LogP contribution in [0.15, 0.2) is 6.20 Å². The van der Waals surface area contributed by atoms with Crippen LogP contribution < -0.4 is 5.32 Å². The van der Waals surface area contributed by atoms with E-state index in [1.807, 2.05) is 17.5 Å². The first-order valence-electron chi connectivity index (χ1n) is 7.46. The van der Waals surface area contributed by atoms with Crippen molar-refractivity contribution >= 4 is 11.3 Å². The molecular formula is C15H26N2S. The zero-order valence-corrected chi connectivity index (χ0v) is 12.6. The van der Waals surface area contributed by atoms with E-state index in [-0.39, 0.29) is 0 Å². The fourth-order valence-electron chi connectivity index (χ4n) is 2.83. The quantitative estimate of drug-likeness (QED) is 0.847. The van der Waals surface area contributed by atoms with E-state index in [1.165, 1.54) is 42.0 Å². The largest absolute Gasteiger partial charge is 0.314 e. The van der Waals surface area contributed by atoms with Crippen molar-refractivity contribution in [3.05, 3.63) is 16.1 Å². The molecule has 2 nitrogen and oxygen atoms in total. The van der Waals surface area contributed by atoms with Gasteiger partial charge in [0.2, 0.25) is 0 Å². The van der Waals surface area contributed by atoms with Crippen LogP contribution >= 0.6 is 11.3 Å². The van der Waals surface area contributed by atoms with Crippen LogP contribution in [0.3, 0.4) is 0 Å². The van der Waals surface area contributed by atoms with Gasteiger partial charge in [-0.05, 0) is 32.1 Å². The van der Waals surface area contributed by atoms with Crippen molar-refractivity contribution in [2.45, 2.75) is 64.8 Å². The average Bonchev–Trinajstić information content (AvgIpc) is 2.87. The molecule has 18 heavy (non-hydrogen) atoms. The topological polar surface area (TPSA) is 24.9 Å². The first-order chi connectivity index (χ1) is 8.79. The number of nitrogens with one attached hydrogen (secondary N) is 1. The van der Waals surface area contributed by atoms with Crippen LogP contribution in [-0.4, -0.2) is 17.6 Å². The highest BCUT2D eigenvalue weighted by molar-refractivity contribution is 7.11. The number of aryl methyl sites for hydroxylation is 1. The molecule has 1 saturated carbocycles. The molecule has 0 aliphatic heterocycles. The summed E-state index contributed by atoms with van der Waals surface area (Å²) >= 11 is 1.87. The third kappa shape index (κ3) is 4.06. The molecule has 1 aliphatic carbocycles. The summed E-state index contributed by atoms with van der Waals surface area (Å²) in [5.74, 6) is 0.904. The van der Waals surface area contributed by atoms with Gasteiger partial charge in [-0.25, -0.2) is 4.98 Å². The van der Waals surface area contributed by atoms with Crippen LogP contribution in [0.1, 0.15) is 55.8 Å². The van der Waals surface area contributed by atoms with Crippen molar-refractivity contribution in [2.24, 2.45) is 5.92 Å². The third-order valence-electron chi connectivity index (χ3n) is 4.11. The monoisotopic (exact) mass is 266 g/mol. The molecule has 1 N–H and O–H groups in total. The molecule has 1 fully saturated rings. The van der Waals surface area contributed by atoms with Crippen LogP contribution in [0.4, 0.5) is 0 Å². The van der Waals surface area contributed by atoms with E-state index in [9.17, 15) is 0 Å². The van der Waals surface area contributed by atoms with Gasteiger partial charge in [0.25, 0.3) is 0 Å². The van der Waals surface area contributed by atoms with Crippen LogP contribution in [0, 0.1) is 5.92 Å². The van der Waals surface area contributed by atoms with E-state index in [0.717, 1.165) is 25.3 Å². The smallest absolute Gasteiger partial charge is 0.0940 e. The average molecular weight is 266 g/mol. The predicted molar refractivity (Wildman–Crippen MR) is 79.2 cm³/mol. The number of nitrogens with zero attached hydrogens (tertiary/aromatic N) is 1. The number of hydrogen-bond donors (Lipinski definition) is 1. The molecule has 0 bridgehead atoms. The molecule has 102 valence electrons. The molecule has 0 saturated heterocycles. The summed E-state index contributed by atoms with van der Waals surface area (Å²) in [5, 5.41) is 4.98. The summed E-state index contributed by atoms with van der Waals surface area (Å²) in [4.78, 5) is 5.88. The summed E-state index contributed by atoms with van der Waals surface area (Å²) in [6.45, 7) is 5.63. The van der Waals surface area contributed by atoms with Crippen molar-refractivity contribution in [3.8, 4) is 0 Å². The summed E-state index contributed by atoms with van der Waals surface area (Å²) in [7, 11) is 0. The molecular weight excluding hydrogens is 240 g/mol. The van der Waals surface area contributed by atoms with E-state index in [2.05, 4.69) is 24.1 Å². The van der Waals surface area contributed by atoms with Crippen LogP contribution in [-0.2, 0) is 12.8 Å². The molecule has 0 unspecified atom stereocenters. The van der Waals surface area contributed by atoms with Crippen LogP contribution in [0.25, 0.3) is 0 Å². The molecule has 2 rings (SSSR count). The van der Waals surface area contributed by atoms with Gasteiger partial charge < -0.3 is 5.32 Å². The van der Waals surface area contributed by atoms with E-state index in [0.29, 0.717) is 6.04 Å². The Morgan fingerprint density at radius 3 is 2.83 bits per heavy atom. The Kier molecular flexibility index (Phi) is 5.64. The zero-order valence-electron chi connectivity index (χ0n) is 11.7. The minimum Gasteiger partial charge on any atom is -0.314 e. The Balaban J connectivity index is 1.67. The first-order valence-corrected chi connectivity index (χ1v) is 8.28. The number of thiazole rings is 1. The van der Waals surface area contributed by atoms with Gasteiger partial charge >= 0.3 is 0 Å². The molecule has 1 atom stereocenters. The van der Waals surface area contributed by atoms with Gasteiger partial charge in [0.05, 0.1) is 5.01 Å². The lowest BCUT2D eigenvalue weighted by molar-refractivity contribution is 0.283. The van der Waals surface area contributed by atoms with Crippen molar-refractivity contribution in [3.63, 3.8) is 0 Å². The minimum absolute atomic E-state index is 0.677. The number of rotatable bonds is 6. The molecule has 0 amide bonds. The van der Waals surface area contributed by atoms with Crippen LogP contribution in [0.5, 0.6) is 0 Å². The summed E-state index contributed by atoms with van der Waals surface area (Å²) in [6, 6.07) is 0.677. The highest BCUT2D eigenvalue weighted by Crippen LogP contribution is 2.26. The van der Waals surface area contributed by atoms with E-state index >= 15 is 0 Å². The Morgan fingerprint density at radius 2 is 2.17 bits per heavy atom. The van der Waals surface area contributed by atoms with Gasteiger partial charge in [0.1, 0.15) is 0 Å². The summed E-state index contributed by atoms with van der Waals surface area (Å²) in [5.41, 5.74) is 0. The van der Waals surface area contributed by atoms with Gasteiger partial charge in [-0.3, -0.25) is 0 Å². The minimum atomic E-state index is 0.677. The Hall–Kier alpha value is -0.410. The second-order valence-electron chi connectivity index (χ2n) is 5.46. The first kappa shape index (κ1) is 14.0.